The lowest BCUT2D eigenvalue weighted by atomic mass is 10.1. The van der Waals surface area contributed by atoms with E-state index in [2.05, 4.69) is 12.1 Å². The van der Waals surface area contributed by atoms with Crippen LogP contribution in [0.15, 0.2) is 90.0 Å². The van der Waals surface area contributed by atoms with Crippen LogP contribution in [0.2, 0.25) is 0 Å². The van der Waals surface area contributed by atoms with E-state index in [0.717, 1.165) is 34.1 Å². The number of rotatable bonds is 9. The molecule has 1 aliphatic rings. The van der Waals surface area contributed by atoms with E-state index >= 15 is 0 Å². The molecule has 0 spiro atoms. The van der Waals surface area contributed by atoms with Crippen LogP contribution in [0.25, 0.3) is 23.0 Å². The second-order valence-electron chi connectivity index (χ2n) is 8.99. The monoisotopic (exact) mass is 555 g/mol. The van der Waals surface area contributed by atoms with Crippen LogP contribution in [0.1, 0.15) is 23.1 Å². The largest absolute Gasteiger partial charge is 0.489 e. The van der Waals surface area contributed by atoms with Gasteiger partial charge in [0, 0.05) is 23.9 Å². The Morgan fingerprint density at radius 1 is 1.08 bits per heavy atom. The van der Waals surface area contributed by atoms with Crippen LogP contribution in [-0.4, -0.2) is 42.5 Å². The number of thiocarbonyl (C=S) groups is 1. The third kappa shape index (κ3) is 6.27. The smallest absolute Gasteiger partial charge is 0.305 e. The van der Waals surface area contributed by atoms with Crippen molar-refractivity contribution in [3.63, 3.8) is 0 Å². The lowest BCUT2D eigenvalue weighted by Gasteiger charge is -2.12. The maximum Gasteiger partial charge on any atom is 0.305 e. The van der Waals surface area contributed by atoms with Crippen molar-refractivity contribution in [2.24, 2.45) is 0 Å². The SMILES string of the molecule is Cc1ccc(COc2cccc(-c3nn(-c4ccccc4)cc3C=C3SC(=S)N(CCC(=O)O)C3=O)c2)cc1. The van der Waals surface area contributed by atoms with Gasteiger partial charge in [0.25, 0.3) is 5.91 Å². The van der Waals surface area contributed by atoms with Gasteiger partial charge in [0.15, 0.2) is 0 Å². The number of amides is 1. The molecule has 0 aliphatic carbocycles. The fourth-order valence-electron chi connectivity index (χ4n) is 4.06. The zero-order chi connectivity index (χ0) is 27.4. The molecule has 196 valence electrons. The molecule has 2 heterocycles. The molecule has 5 rings (SSSR count). The van der Waals surface area contributed by atoms with Crippen LogP contribution in [0.4, 0.5) is 0 Å². The molecule has 0 bridgehead atoms. The predicted octanol–water partition coefficient (Wildman–Crippen LogP) is 6.10. The van der Waals surface area contributed by atoms with E-state index in [0.29, 0.717) is 27.3 Å². The van der Waals surface area contributed by atoms with E-state index in [1.54, 1.807) is 10.8 Å². The number of hydrogen-bond acceptors (Lipinski definition) is 6. The van der Waals surface area contributed by atoms with Crippen molar-refractivity contribution >= 4 is 46.3 Å². The van der Waals surface area contributed by atoms with E-state index in [9.17, 15) is 9.59 Å². The Kier molecular flexibility index (Phi) is 7.90. The summed E-state index contributed by atoms with van der Waals surface area (Å²) in [5.41, 5.74) is 5.38. The van der Waals surface area contributed by atoms with Gasteiger partial charge >= 0.3 is 5.97 Å². The summed E-state index contributed by atoms with van der Waals surface area (Å²) >= 11 is 6.52. The molecule has 4 aromatic rings. The van der Waals surface area contributed by atoms with Gasteiger partial charge in [-0.1, -0.05) is 84.1 Å². The normalized spacial score (nSPS) is 14.3. The van der Waals surface area contributed by atoms with E-state index < -0.39 is 5.97 Å². The van der Waals surface area contributed by atoms with Crippen molar-refractivity contribution in [2.75, 3.05) is 6.54 Å². The summed E-state index contributed by atoms with van der Waals surface area (Å²) in [5, 5.41) is 13.9. The zero-order valence-corrected chi connectivity index (χ0v) is 22.7. The van der Waals surface area contributed by atoms with Crippen LogP contribution in [0.5, 0.6) is 5.75 Å². The Morgan fingerprint density at radius 3 is 2.59 bits per heavy atom. The van der Waals surface area contributed by atoms with Gasteiger partial charge in [0.05, 0.1) is 17.0 Å². The summed E-state index contributed by atoms with van der Waals surface area (Å²) in [6, 6.07) is 25.6. The van der Waals surface area contributed by atoms with Gasteiger partial charge < -0.3 is 9.84 Å². The minimum Gasteiger partial charge on any atom is -0.489 e. The highest BCUT2D eigenvalue weighted by atomic mass is 32.2. The molecule has 1 N–H and O–H groups in total. The number of ether oxygens (including phenoxy) is 1. The van der Waals surface area contributed by atoms with Gasteiger partial charge in [0.2, 0.25) is 0 Å². The Labute approximate surface area is 235 Å². The molecule has 1 fully saturated rings. The first kappa shape index (κ1) is 26.4. The van der Waals surface area contributed by atoms with Crippen molar-refractivity contribution in [1.29, 1.82) is 0 Å². The van der Waals surface area contributed by atoms with E-state index in [1.807, 2.05) is 79.9 Å². The summed E-state index contributed by atoms with van der Waals surface area (Å²) < 4.78 is 8.18. The molecule has 1 aliphatic heterocycles. The molecule has 3 aromatic carbocycles. The Morgan fingerprint density at radius 2 is 1.85 bits per heavy atom. The number of carbonyl (C=O) groups excluding carboxylic acids is 1. The molecule has 0 atom stereocenters. The highest BCUT2D eigenvalue weighted by molar-refractivity contribution is 8.26. The first-order valence-electron chi connectivity index (χ1n) is 12.3. The second-order valence-corrected chi connectivity index (χ2v) is 10.7. The number of para-hydroxylation sites is 1. The number of carbonyl (C=O) groups is 2. The molecule has 1 amide bonds. The van der Waals surface area contributed by atoms with Crippen molar-refractivity contribution in [3.05, 3.63) is 107 Å². The molecule has 7 nitrogen and oxygen atoms in total. The molecule has 0 radical (unpaired) electrons. The Hall–Kier alpha value is -4.21. The number of carboxylic acid groups (broad SMARTS) is 1. The van der Waals surface area contributed by atoms with Crippen molar-refractivity contribution in [3.8, 4) is 22.7 Å². The number of thioether (sulfide) groups is 1. The number of aromatic nitrogens is 2. The van der Waals surface area contributed by atoms with Crippen LogP contribution < -0.4 is 4.74 Å². The molecule has 0 saturated carbocycles. The Balaban J connectivity index is 1.47. The summed E-state index contributed by atoms with van der Waals surface area (Å²) in [6.07, 6.45) is 3.46. The molecule has 9 heteroatoms. The van der Waals surface area contributed by atoms with Gasteiger partial charge in [-0.3, -0.25) is 14.5 Å². The number of carboxylic acids is 1. The summed E-state index contributed by atoms with van der Waals surface area (Å²) in [7, 11) is 0. The highest BCUT2D eigenvalue weighted by Crippen LogP contribution is 2.35. The first-order valence-corrected chi connectivity index (χ1v) is 13.5. The fourth-order valence-corrected chi connectivity index (χ4v) is 5.36. The number of benzene rings is 3. The molecule has 39 heavy (non-hydrogen) atoms. The van der Waals surface area contributed by atoms with Crippen LogP contribution in [0.3, 0.4) is 0 Å². The van der Waals surface area contributed by atoms with Crippen molar-refractivity contribution in [1.82, 2.24) is 14.7 Å². The van der Waals surface area contributed by atoms with Crippen LogP contribution in [0, 0.1) is 6.92 Å². The van der Waals surface area contributed by atoms with E-state index in [1.165, 1.54) is 10.5 Å². The average Bonchev–Trinajstić information content (AvgIpc) is 3.48. The van der Waals surface area contributed by atoms with Gasteiger partial charge in [-0.15, -0.1) is 0 Å². The van der Waals surface area contributed by atoms with Gasteiger partial charge in [0.1, 0.15) is 22.4 Å². The lowest BCUT2D eigenvalue weighted by molar-refractivity contribution is -0.137. The van der Waals surface area contributed by atoms with Crippen LogP contribution in [-0.2, 0) is 16.2 Å². The standard InChI is InChI=1S/C30H25N3O4S2/c1-20-10-12-21(13-11-20)19-37-25-9-5-6-22(16-25)28-23(18-33(31-28)24-7-3-2-4-8-24)17-26-29(36)32(30(38)39-26)15-14-27(34)35/h2-13,16-18H,14-15,19H2,1H3,(H,34,35). The van der Waals surface area contributed by atoms with Crippen molar-refractivity contribution < 1.29 is 19.4 Å². The summed E-state index contributed by atoms with van der Waals surface area (Å²) in [4.78, 5) is 25.8. The van der Waals surface area contributed by atoms with Crippen molar-refractivity contribution in [2.45, 2.75) is 20.0 Å². The maximum absolute atomic E-state index is 13.1. The van der Waals surface area contributed by atoms with E-state index in [4.69, 9.17) is 27.2 Å². The summed E-state index contributed by atoms with van der Waals surface area (Å²) in [5.74, 6) is -0.586. The maximum atomic E-state index is 13.1. The molecule has 1 aromatic heterocycles. The molecule has 0 unspecified atom stereocenters. The number of aryl methyl sites for hydroxylation is 1. The van der Waals surface area contributed by atoms with E-state index in [-0.39, 0.29) is 18.9 Å². The number of nitrogens with zero attached hydrogens (tertiary/aromatic N) is 3. The topological polar surface area (TPSA) is 84.7 Å². The van der Waals surface area contributed by atoms with Crippen LogP contribution >= 0.6 is 24.0 Å². The van der Waals surface area contributed by atoms with Gasteiger partial charge in [-0.05, 0) is 42.8 Å². The highest BCUT2D eigenvalue weighted by Gasteiger charge is 2.32. The lowest BCUT2D eigenvalue weighted by Crippen LogP contribution is -2.30. The minimum atomic E-state index is -0.982. The average molecular weight is 556 g/mol. The van der Waals surface area contributed by atoms with Gasteiger partial charge in [-0.2, -0.15) is 5.10 Å². The molecular weight excluding hydrogens is 530 g/mol. The third-order valence-corrected chi connectivity index (χ3v) is 7.48. The summed E-state index contributed by atoms with van der Waals surface area (Å²) in [6.45, 7) is 2.52. The first-order chi connectivity index (χ1) is 18.9. The zero-order valence-electron chi connectivity index (χ0n) is 21.1. The number of aliphatic carboxylic acids is 1. The second kappa shape index (κ2) is 11.7. The predicted molar refractivity (Wildman–Crippen MR) is 157 cm³/mol. The fraction of sp³-hybridized carbons (Fsp3) is 0.133. The molecular formula is C30H25N3O4S2. The quantitative estimate of drug-likeness (QED) is 0.197. The van der Waals surface area contributed by atoms with Gasteiger partial charge in [-0.25, -0.2) is 4.68 Å². The third-order valence-electron chi connectivity index (χ3n) is 6.11. The minimum absolute atomic E-state index is 0.0356. The number of hydrogen-bond donors (Lipinski definition) is 1. The molecule has 1 saturated heterocycles. The Bertz CT molecular complexity index is 1560.